The topological polar surface area (TPSA) is 46.9 Å². The summed E-state index contributed by atoms with van der Waals surface area (Å²) in [6.07, 6.45) is 0. The molecule has 26 heavy (non-hydrogen) atoms. The molecule has 3 aromatic carbocycles. The molecule has 1 N–H and O–H groups in total. The lowest BCUT2D eigenvalue weighted by molar-refractivity contribution is 0.0956. The molecular formula is C22H17N3O. The van der Waals surface area contributed by atoms with Crippen molar-refractivity contribution in [2.45, 2.75) is 6.54 Å². The van der Waals surface area contributed by atoms with Crippen molar-refractivity contribution < 1.29 is 4.79 Å². The molecule has 1 aromatic heterocycles. The SMILES string of the molecule is O=C1NCCn2c(-c3ccc(-c4ccccc4)cc3)nc3cccc1c32. The molecule has 0 unspecified atom stereocenters. The molecule has 0 saturated carbocycles. The molecule has 1 aliphatic rings. The van der Waals surface area contributed by atoms with Gasteiger partial charge in [-0.05, 0) is 23.3 Å². The second kappa shape index (κ2) is 5.85. The van der Waals surface area contributed by atoms with Gasteiger partial charge in [-0.15, -0.1) is 0 Å². The van der Waals surface area contributed by atoms with Crippen molar-refractivity contribution in [1.29, 1.82) is 0 Å². The number of amides is 1. The van der Waals surface area contributed by atoms with Crippen molar-refractivity contribution in [1.82, 2.24) is 14.9 Å². The Kier molecular flexibility index (Phi) is 3.35. The molecule has 0 atom stereocenters. The summed E-state index contributed by atoms with van der Waals surface area (Å²) in [6.45, 7) is 1.32. The maximum Gasteiger partial charge on any atom is 0.253 e. The van der Waals surface area contributed by atoms with E-state index in [1.165, 1.54) is 11.1 Å². The van der Waals surface area contributed by atoms with E-state index in [0.29, 0.717) is 12.1 Å². The van der Waals surface area contributed by atoms with Crippen molar-refractivity contribution in [3.8, 4) is 22.5 Å². The van der Waals surface area contributed by atoms with Gasteiger partial charge in [-0.2, -0.15) is 0 Å². The lowest BCUT2D eigenvalue weighted by atomic mass is 10.0. The van der Waals surface area contributed by atoms with Crippen LogP contribution in [0.5, 0.6) is 0 Å². The molecule has 4 aromatic rings. The van der Waals surface area contributed by atoms with Gasteiger partial charge in [-0.3, -0.25) is 4.79 Å². The van der Waals surface area contributed by atoms with Crippen LogP contribution < -0.4 is 5.32 Å². The van der Waals surface area contributed by atoms with Crippen molar-refractivity contribution in [2.24, 2.45) is 0 Å². The van der Waals surface area contributed by atoms with Crippen LogP contribution in [-0.2, 0) is 6.54 Å². The number of para-hydroxylation sites is 1. The van der Waals surface area contributed by atoms with Gasteiger partial charge in [0.15, 0.2) is 0 Å². The number of aromatic nitrogens is 2. The van der Waals surface area contributed by atoms with Crippen LogP contribution in [0.2, 0.25) is 0 Å². The average Bonchev–Trinajstić information content (AvgIpc) is 2.98. The van der Waals surface area contributed by atoms with Gasteiger partial charge in [0.25, 0.3) is 5.91 Å². The number of imidazole rings is 1. The number of rotatable bonds is 2. The molecule has 1 aliphatic heterocycles. The number of hydrogen-bond donors (Lipinski definition) is 1. The quantitative estimate of drug-likeness (QED) is 0.597. The highest BCUT2D eigenvalue weighted by molar-refractivity contribution is 6.06. The highest BCUT2D eigenvalue weighted by atomic mass is 16.1. The Bertz CT molecular complexity index is 1110. The molecule has 4 nitrogen and oxygen atoms in total. The first kappa shape index (κ1) is 14.9. The molecule has 5 rings (SSSR count). The molecule has 0 saturated heterocycles. The summed E-state index contributed by atoms with van der Waals surface area (Å²) in [4.78, 5) is 17.1. The van der Waals surface area contributed by atoms with Gasteiger partial charge in [-0.1, -0.05) is 60.7 Å². The lowest BCUT2D eigenvalue weighted by Crippen LogP contribution is -2.24. The summed E-state index contributed by atoms with van der Waals surface area (Å²) in [5.41, 5.74) is 5.91. The van der Waals surface area contributed by atoms with Gasteiger partial charge in [0, 0.05) is 18.7 Å². The van der Waals surface area contributed by atoms with Gasteiger partial charge >= 0.3 is 0 Å². The third kappa shape index (κ3) is 2.30. The molecule has 2 heterocycles. The molecule has 0 fully saturated rings. The minimum atomic E-state index is -0.0276. The highest BCUT2D eigenvalue weighted by Crippen LogP contribution is 2.29. The Morgan fingerprint density at radius 1 is 0.808 bits per heavy atom. The van der Waals surface area contributed by atoms with E-state index in [2.05, 4.69) is 46.3 Å². The molecule has 0 radical (unpaired) electrons. The van der Waals surface area contributed by atoms with E-state index in [0.717, 1.165) is 29.0 Å². The van der Waals surface area contributed by atoms with E-state index < -0.39 is 0 Å². The summed E-state index contributed by atoms with van der Waals surface area (Å²) in [5.74, 6) is 0.879. The van der Waals surface area contributed by atoms with Gasteiger partial charge in [-0.25, -0.2) is 4.98 Å². The monoisotopic (exact) mass is 339 g/mol. The van der Waals surface area contributed by atoms with Crippen LogP contribution in [0.15, 0.2) is 72.8 Å². The Hall–Kier alpha value is -3.40. The Morgan fingerprint density at radius 3 is 2.35 bits per heavy atom. The molecule has 4 heteroatoms. The van der Waals surface area contributed by atoms with Gasteiger partial charge < -0.3 is 9.88 Å². The number of nitrogens with zero attached hydrogens (tertiary/aromatic N) is 2. The molecule has 126 valence electrons. The summed E-state index contributed by atoms with van der Waals surface area (Å²) in [7, 11) is 0. The second-order valence-electron chi connectivity index (χ2n) is 6.46. The fourth-order valence-corrected chi connectivity index (χ4v) is 3.63. The molecule has 0 spiro atoms. The Balaban J connectivity index is 1.64. The van der Waals surface area contributed by atoms with E-state index in [1.807, 2.05) is 36.4 Å². The molecule has 1 amide bonds. The van der Waals surface area contributed by atoms with Crippen LogP contribution in [0.3, 0.4) is 0 Å². The van der Waals surface area contributed by atoms with Crippen LogP contribution >= 0.6 is 0 Å². The molecule has 0 aliphatic carbocycles. The van der Waals surface area contributed by atoms with Crippen molar-refractivity contribution in [3.05, 3.63) is 78.4 Å². The van der Waals surface area contributed by atoms with Gasteiger partial charge in [0.1, 0.15) is 5.82 Å². The lowest BCUT2D eigenvalue weighted by Gasteiger charge is -2.08. The van der Waals surface area contributed by atoms with Crippen LogP contribution in [0.1, 0.15) is 10.4 Å². The van der Waals surface area contributed by atoms with Crippen molar-refractivity contribution in [2.75, 3.05) is 6.54 Å². The predicted octanol–water partition coefficient (Wildman–Crippen LogP) is 4.11. The first-order valence-electron chi connectivity index (χ1n) is 8.74. The third-order valence-electron chi connectivity index (χ3n) is 4.88. The largest absolute Gasteiger partial charge is 0.350 e. The fourth-order valence-electron chi connectivity index (χ4n) is 3.63. The zero-order valence-corrected chi connectivity index (χ0v) is 14.1. The smallest absolute Gasteiger partial charge is 0.253 e. The van der Waals surface area contributed by atoms with Crippen molar-refractivity contribution >= 4 is 16.9 Å². The standard InChI is InChI=1S/C22H17N3O/c26-22-18-7-4-8-19-20(18)25(14-13-23-22)21(24-19)17-11-9-16(10-12-17)15-5-2-1-3-6-15/h1-12H,13-14H2,(H,23,26). The average molecular weight is 339 g/mol. The van der Waals surface area contributed by atoms with E-state index in [-0.39, 0.29) is 5.91 Å². The van der Waals surface area contributed by atoms with E-state index in [4.69, 9.17) is 4.98 Å². The first-order valence-corrected chi connectivity index (χ1v) is 8.74. The minimum Gasteiger partial charge on any atom is -0.350 e. The Morgan fingerprint density at radius 2 is 1.54 bits per heavy atom. The normalized spacial score (nSPS) is 13.5. The summed E-state index contributed by atoms with van der Waals surface area (Å²) in [6, 6.07) is 24.5. The van der Waals surface area contributed by atoms with Crippen molar-refractivity contribution in [3.63, 3.8) is 0 Å². The summed E-state index contributed by atoms with van der Waals surface area (Å²) >= 11 is 0. The highest BCUT2D eigenvalue weighted by Gasteiger charge is 2.21. The zero-order chi connectivity index (χ0) is 17.5. The maximum atomic E-state index is 12.3. The minimum absolute atomic E-state index is 0.0276. The number of hydrogen-bond acceptors (Lipinski definition) is 2. The zero-order valence-electron chi connectivity index (χ0n) is 14.1. The second-order valence-corrected chi connectivity index (χ2v) is 6.46. The van der Waals surface area contributed by atoms with E-state index >= 15 is 0 Å². The summed E-state index contributed by atoms with van der Waals surface area (Å²) < 4.78 is 2.15. The third-order valence-corrected chi connectivity index (χ3v) is 4.88. The van der Waals surface area contributed by atoms with E-state index in [9.17, 15) is 4.79 Å². The van der Waals surface area contributed by atoms with Gasteiger partial charge in [0.05, 0.1) is 16.6 Å². The van der Waals surface area contributed by atoms with E-state index in [1.54, 1.807) is 0 Å². The summed E-state index contributed by atoms with van der Waals surface area (Å²) in [5, 5.41) is 2.96. The van der Waals surface area contributed by atoms with Crippen LogP contribution in [0.4, 0.5) is 0 Å². The number of carbonyl (C=O) groups is 1. The van der Waals surface area contributed by atoms with Gasteiger partial charge in [0.2, 0.25) is 0 Å². The number of benzene rings is 3. The maximum absolute atomic E-state index is 12.3. The number of nitrogens with one attached hydrogen (secondary N) is 1. The number of carbonyl (C=O) groups excluding carboxylic acids is 1. The van der Waals surface area contributed by atoms with Crippen LogP contribution in [-0.4, -0.2) is 22.0 Å². The molecule has 0 bridgehead atoms. The van der Waals surface area contributed by atoms with Crippen LogP contribution in [0.25, 0.3) is 33.5 Å². The Labute approximate surface area is 151 Å². The predicted molar refractivity (Wildman–Crippen MR) is 103 cm³/mol. The fraction of sp³-hybridized carbons (Fsp3) is 0.0909. The van der Waals surface area contributed by atoms with Crippen LogP contribution in [0, 0.1) is 0 Å². The molecular weight excluding hydrogens is 322 g/mol. The first-order chi connectivity index (χ1) is 12.8.